The van der Waals surface area contributed by atoms with E-state index in [1.54, 1.807) is 0 Å². The molecule has 0 heterocycles. The molecular weight excluding hydrogens is 236 g/mol. The van der Waals surface area contributed by atoms with E-state index in [4.69, 9.17) is 5.73 Å². The number of nitrogens with one attached hydrogen (secondary N) is 1. The van der Waals surface area contributed by atoms with Crippen molar-refractivity contribution in [3.8, 4) is 0 Å². The number of hydrogen-bond donors (Lipinski definition) is 2. The number of carbonyl (C=O) groups excluding carboxylic acids is 1. The van der Waals surface area contributed by atoms with Crippen molar-refractivity contribution in [3.63, 3.8) is 0 Å². The molecule has 19 heavy (non-hydrogen) atoms. The van der Waals surface area contributed by atoms with Crippen molar-refractivity contribution in [2.45, 2.75) is 77.8 Å². The van der Waals surface area contributed by atoms with E-state index in [0.29, 0.717) is 5.41 Å². The Morgan fingerprint density at radius 3 is 2.16 bits per heavy atom. The summed E-state index contributed by atoms with van der Waals surface area (Å²) < 4.78 is 0. The molecule has 3 nitrogen and oxygen atoms in total. The monoisotopic (exact) mass is 266 g/mol. The predicted octanol–water partition coefficient (Wildman–Crippen LogP) is 2.83. The molecule has 3 heteroatoms. The molecule has 2 saturated carbocycles. The molecule has 0 saturated heterocycles. The molecule has 110 valence electrons. The van der Waals surface area contributed by atoms with Crippen LogP contribution in [0.4, 0.5) is 0 Å². The molecule has 0 aromatic rings. The Balaban J connectivity index is 1.79. The van der Waals surface area contributed by atoms with E-state index >= 15 is 0 Å². The Kier molecular flexibility index (Phi) is 4.54. The lowest BCUT2D eigenvalue weighted by molar-refractivity contribution is -0.127. The second-order valence-electron chi connectivity index (χ2n) is 7.62. The number of carbonyl (C=O) groups is 1. The summed E-state index contributed by atoms with van der Waals surface area (Å²) in [7, 11) is 0. The van der Waals surface area contributed by atoms with E-state index in [0.717, 1.165) is 38.0 Å². The lowest BCUT2D eigenvalue weighted by atomic mass is 9.69. The van der Waals surface area contributed by atoms with Gasteiger partial charge in [0.2, 0.25) is 5.91 Å². The second kappa shape index (κ2) is 5.82. The Bertz CT molecular complexity index is 313. The van der Waals surface area contributed by atoms with Crippen LogP contribution in [-0.2, 0) is 4.79 Å². The first-order valence-corrected chi connectivity index (χ1v) is 7.94. The zero-order valence-electron chi connectivity index (χ0n) is 12.7. The highest BCUT2D eigenvalue weighted by atomic mass is 16.1. The van der Waals surface area contributed by atoms with Gasteiger partial charge in [0, 0.05) is 18.0 Å². The molecule has 0 aliphatic heterocycles. The number of nitrogens with two attached hydrogens (primary N) is 1. The Labute approximate surface area is 117 Å². The summed E-state index contributed by atoms with van der Waals surface area (Å²) >= 11 is 0. The van der Waals surface area contributed by atoms with Crippen molar-refractivity contribution in [2.75, 3.05) is 0 Å². The van der Waals surface area contributed by atoms with E-state index in [1.807, 2.05) is 0 Å². The maximum Gasteiger partial charge on any atom is 0.223 e. The van der Waals surface area contributed by atoms with Gasteiger partial charge in [0.25, 0.3) is 0 Å². The molecule has 2 aliphatic carbocycles. The molecule has 2 fully saturated rings. The van der Waals surface area contributed by atoms with Gasteiger partial charge in [0.15, 0.2) is 0 Å². The van der Waals surface area contributed by atoms with Crippen LogP contribution in [0.1, 0.15) is 65.7 Å². The van der Waals surface area contributed by atoms with Crippen LogP contribution in [-0.4, -0.2) is 18.0 Å². The Hall–Kier alpha value is -0.570. The lowest BCUT2D eigenvalue weighted by Crippen LogP contribution is -2.46. The number of rotatable bonds is 2. The van der Waals surface area contributed by atoms with Gasteiger partial charge in [0.1, 0.15) is 0 Å². The quantitative estimate of drug-likeness (QED) is 0.807. The highest BCUT2D eigenvalue weighted by Crippen LogP contribution is 2.39. The minimum Gasteiger partial charge on any atom is -0.352 e. The topological polar surface area (TPSA) is 55.1 Å². The highest BCUT2D eigenvalue weighted by Gasteiger charge is 2.34. The van der Waals surface area contributed by atoms with Gasteiger partial charge in [-0.3, -0.25) is 4.79 Å². The number of amides is 1. The normalized spacial score (nSPS) is 36.2. The Morgan fingerprint density at radius 2 is 1.68 bits per heavy atom. The minimum atomic E-state index is 0.176. The van der Waals surface area contributed by atoms with Crippen LogP contribution >= 0.6 is 0 Å². The van der Waals surface area contributed by atoms with Crippen molar-refractivity contribution in [1.82, 2.24) is 5.32 Å². The average molecular weight is 266 g/mol. The fraction of sp³-hybridized carbons (Fsp3) is 0.938. The molecule has 0 spiro atoms. The SMILES string of the molecule is CC(C)(C)C1CCC(C(=O)NC2CCCC2N)CC1. The first-order chi connectivity index (χ1) is 8.88. The first kappa shape index (κ1) is 14.8. The van der Waals surface area contributed by atoms with Gasteiger partial charge in [-0.05, 0) is 56.3 Å². The standard InChI is InChI=1S/C16H30N2O/c1-16(2,3)12-9-7-11(8-10-12)15(19)18-14-6-4-5-13(14)17/h11-14H,4-10,17H2,1-3H3,(H,18,19). The third kappa shape index (κ3) is 3.71. The van der Waals surface area contributed by atoms with Crippen LogP contribution in [0, 0.1) is 17.3 Å². The van der Waals surface area contributed by atoms with Gasteiger partial charge in [-0.2, -0.15) is 0 Å². The van der Waals surface area contributed by atoms with E-state index < -0.39 is 0 Å². The fourth-order valence-electron chi connectivity index (χ4n) is 3.69. The molecule has 2 unspecified atom stereocenters. The average Bonchev–Trinajstić information content (AvgIpc) is 2.74. The largest absolute Gasteiger partial charge is 0.352 e. The highest BCUT2D eigenvalue weighted by molar-refractivity contribution is 5.79. The van der Waals surface area contributed by atoms with Crippen LogP contribution in [0.5, 0.6) is 0 Å². The second-order valence-corrected chi connectivity index (χ2v) is 7.62. The van der Waals surface area contributed by atoms with E-state index in [-0.39, 0.29) is 23.9 Å². The molecule has 0 aromatic heterocycles. The summed E-state index contributed by atoms with van der Waals surface area (Å²) in [5.74, 6) is 1.26. The van der Waals surface area contributed by atoms with Gasteiger partial charge in [-0.25, -0.2) is 0 Å². The fourth-order valence-corrected chi connectivity index (χ4v) is 3.69. The molecule has 3 N–H and O–H groups in total. The molecule has 0 aromatic carbocycles. The number of hydrogen-bond acceptors (Lipinski definition) is 2. The third-order valence-corrected chi connectivity index (χ3v) is 5.22. The zero-order chi connectivity index (χ0) is 14.0. The molecule has 0 radical (unpaired) electrons. The van der Waals surface area contributed by atoms with Gasteiger partial charge < -0.3 is 11.1 Å². The van der Waals surface area contributed by atoms with Crippen molar-refractivity contribution < 1.29 is 4.79 Å². The van der Waals surface area contributed by atoms with Crippen molar-refractivity contribution >= 4 is 5.91 Å². The third-order valence-electron chi connectivity index (χ3n) is 5.22. The summed E-state index contributed by atoms with van der Waals surface area (Å²) in [5, 5.41) is 3.19. The van der Waals surface area contributed by atoms with Crippen LogP contribution in [0.3, 0.4) is 0 Å². The van der Waals surface area contributed by atoms with Gasteiger partial charge in [0.05, 0.1) is 0 Å². The van der Waals surface area contributed by atoms with Crippen LogP contribution in [0.15, 0.2) is 0 Å². The van der Waals surface area contributed by atoms with E-state index in [9.17, 15) is 4.79 Å². The summed E-state index contributed by atoms with van der Waals surface area (Å²) in [4.78, 5) is 12.3. The van der Waals surface area contributed by atoms with Gasteiger partial charge >= 0.3 is 0 Å². The van der Waals surface area contributed by atoms with Crippen molar-refractivity contribution in [3.05, 3.63) is 0 Å². The smallest absolute Gasteiger partial charge is 0.223 e. The van der Waals surface area contributed by atoms with Crippen molar-refractivity contribution in [2.24, 2.45) is 23.0 Å². The van der Waals surface area contributed by atoms with Crippen LogP contribution in [0.2, 0.25) is 0 Å². The molecule has 0 bridgehead atoms. The summed E-state index contributed by atoms with van der Waals surface area (Å²) in [6.07, 6.45) is 7.76. The minimum absolute atomic E-state index is 0.176. The maximum atomic E-state index is 12.3. The van der Waals surface area contributed by atoms with Crippen molar-refractivity contribution in [1.29, 1.82) is 0 Å². The van der Waals surface area contributed by atoms with Gasteiger partial charge in [-0.15, -0.1) is 0 Å². The first-order valence-electron chi connectivity index (χ1n) is 7.94. The van der Waals surface area contributed by atoms with E-state index in [1.165, 1.54) is 12.8 Å². The molecule has 2 aliphatic rings. The zero-order valence-corrected chi connectivity index (χ0v) is 12.7. The Morgan fingerprint density at radius 1 is 1.05 bits per heavy atom. The van der Waals surface area contributed by atoms with Crippen LogP contribution < -0.4 is 11.1 Å². The molecule has 2 rings (SSSR count). The summed E-state index contributed by atoms with van der Waals surface area (Å²) in [6.45, 7) is 6.95. The van der Waals surface area contributed by atoms with Gasteiger partial charge in [-0.1, -0.05) is 20.8 Å². The van der Waals surface area contributed by atoms with E-state index in [2.05, 4.69) is 26.1 Å². The van der Waals surface area contributed by atoms with Crippen LogP contribution in [0.25, 0.3) is 0 Å². The molecule has 1 amide bonds. The molecular formula is C16H30N2O. The summed E-state index contributed by atoms with van der Waals surface area (Å²) in [6, 6.07) is 0.405. The molecule has 2 atom stereocenters. The summed E-state index contributed by atoms with van der Waals surface area (Å²) in [5.41, 5.74) is 6.41. The lowest BCUT2D eigenvalue weighted by Gasteiger charge is -2.36. The predicted molar refractivity (Wildman–Crippen MR) is 78.7 cm³/mol. The maximum absolute atomic E-state index is 12.3.